The Hall–Kier alpha value is -1.82. The number of hydrogen-bond donors (Lipinski definition) is 1. The van der Waals surface area contributed by atoms with Gasteiger partial charge in [-0.05, 0) is 36.7 Å². The van der Waals surface area contributed by atoms with Gasteiger partial charge in [0.1, 0.15) is 5.25 Å². The van der Waals surface area contributed by atoms with Crippen LogP contribution in [0.25, 0.3) is 21.8 Å². The number of nitrogens with zero attached hydrogens (tertiary/aromatic N) is 5. The molecule has 1 fully saturated rings. The molecule has 2 aromatic heterocycles. The second kappa shape index (κ2) is 9.81. The van der Waals surface area contributed by atoms with Gasteiger partial charge in [0.05, 0.1) is 21.3 Å². The first-order chi connectivity index (χ1) is 15.7. The summed E-state index contributed by atoms with van der Waals surface area (Å²) in [6.07, 6.45) is 1.90. The fraction of sp³-hybridized carbons (Fsp3) is 0.381. The van der Waals surface area contributed by atoms with Crippen LogP contribution < -0.4 is 10.0 Å². The van der Waals surface area contributed by atoms with Crippen LogP contribution in [0.15, 0.2) is 30.5 Å². The number of piperazine rings is 1. The van der Waals surface area contributed by atoms with E-state index in [-0.39, 0.29) is 5.28 Å². The first-order valence-electron chi connectivity index (χ1n) is 10.4. The van der Waals surface area contributed by atoms with E-state index in [0.717, 1.165) is 36.2 Å². The number of anilines is 1. The summed E-state index contributed by atoms with van der Waals surface area (Å²) in [7, 11) is -1.73. The van der Waals surface area contributed by atoms with E-state index in [2.05, 4.69) is 26.8 Å². The second-order valence-electron chi connectivity index (χ2n) is 7.87. The third kappa shape index (κ3) is 5.16. The summed E-state index contributed by atoms with van der Waals surface area (Å²) in [5, 5.41) is 5.88. The molecule has 1 aliphatic rings. The number of sulfonamides is 1. The Balaban J connectivity index is 1.87. The second-order valence-corrected chi connectivity index (χ2v) is 11.3. The van der Waals surface area contributed by atoms with Crippen molar-refractivity contribution in [3.05, 3.63) is 46.3 Å². The number of primary sulfonamides is 1. The predicted octanol–water partition coefficient (Wildman–Crippen LogP) is 4.07. The molecule has 0 aliphatic carbocycles. The van der Waals surface area contributed by atoms with Gasteiger partial charge in [-0.25, -0.2) is 28.5 Å². The van der Waals surface area contributed by atoms with E-state index in [4.69, 9.17) is 33.3 Å². The van der Waals surface area contributed by atoms with Gasteiger partial charge in [-0.1, -0.05) is 48.1 Å². The molecule has 176 valence electrons. The lowest BCUT2D eigenvalue weighted by Gasteiger charge is -2.32. The van der Waals surface area contributed by atoms with Gasteiger partial charge in [-0.15, -0.1) is 0 Å². The topological polar surface area (TPSA) is 105 Å². The molecule has 3 heterocycles. The van der Waals surface area contributed by atoms with Crippen molar-refractivity contribution in [3.8, 4) is 21.8 Å². The highest BCUT2D eigenvalue weighted by Crippen LogP contribution is 2.44. The van der Waals surface area contributed by atoms with E-state index in [1.165, 1.54) is 11.3 Å². The SMILES string of the molecule is CCC(c1cccc(-c2nc(N3CCN(C)CC3)sc2-c2ccnc(Cl)n2)c1Cl)S(N)(=O)=O. The molecule has 12 heteroatoms. The van der Waals surface area contributed by atoms with Crippen LogP contribution in [0.5, 0.6) is 0 Å². The van der Waals surface area contributed by atoms with Crippen LogP contribution in [-0.4, -0.2) is 61.5 Å². The number of benzene rings is 1. The van der Waals surface area contributed by atoms with Gasteiger partial charge in [0.25, 0.3) is 0 Å². The molecule has 0 radical (unpaired) electrons. The smallest absolute Gasteiger partial charge is 0.222 e. The highest BCUT2D eigenvalue weighted by molar-refractivity contribution is 7.89. The Labute approximate surface area is 207 Å². The fourth-order valence-corrected chi connectivity index (χ4v) is 6.55. The Morgan fingerprint density at radius 1 is 1.15 bits per heavy atom. The van der Waals surface area contributed by atoms with Crippen molar-refractivity contribution in [2.24, 2.45) is 5.14 Å². The van der Waals surface area contributed by atoms with Gasteiger partial charge in [-0.3, -0.25) is 0 Å². The van der Waals surface area contributed by atoms with E-state index < -0.39 is 15.3 Å². The number of nitrogens with two attached hydrogens (primary N) is 1. The minimum absolute atomic E-state index is 0.133. The summed E-state index contributed by atoms with van der Waals surface area (Å²) in [6, 6.07) is 7.07. The molecule has 2 N–H and O–H groups in total. The molecule has 1 aliphatic heterocycles. The maximum atomic E-state index is 12.2. The van der Waals surface area contributed by atoms with Crippen molar-refractivity contribution < 1.29 is 8.42 Å². The van der Waals surface area contributed by atoms with Crippen LogP contribution >= 0.6 is 34.5 Å². The minimum Gasteiger partial charge on any atom is -0.345 e. The normalized spacial score (nSPS) is 16.2. The Bertz CT molecular complexity index is 1260. The molecule has 0 bridgehead atoms. The number of hydrogen-bond acceptors (Lipinski definition) is 8. The molecule has 3 aromatic rings. The molecule has 0 spiro atoms. The minimum atomic E-state index is -3.83. The van der Waals surface area contributed by atoms with Gasteiger partial charge in [0.15, 0.2) is 5.13 Å². The highest BCUT2D eigenvalue weighted by Gasteiger charge is 2.28. The summed E-state index contributed by atoms with van der Waals surface area (Å²) in [5.74, 6) is 0. The van der Waals surface area contributed by atoms with Gasteiger partial charge in [0.2, 0.25) is 15.3 Å². The molecule has 1 aromatic carbocycles. The average molecular weight is 528 g/mol. The molecular formula is C21H24Cl2N6O2S2. The first-order valence-corrected chi connectivity index (χ1v) is 13.6. The third-order valence-corrected chi connectivity index (χ3v) is 8.77. The van der Waals surface area contributed by atoms with Crippen molar-refractivity contribution in [3.63, 3.8) is 0 Å². The van der Waals surface area contributed by atoms with E-state index in [1.54, 1.807) is 31.3 Å². The van der Waals surface area contributed by atoms with Crippen LogP contribution in [-0.2, 0) is 10.0 Å². The van der Waals surface area contributed by atoms with Crippen LogP contribution in [0.2, 0.25) is 10.3 Å². The maximum absolute atomic E-state index is 12.2. The number of thiazole rings is 1. The van der Waals surface area contributed by atoms with Gasteiger partial charge in [0, 0.05) is 37.9 Å². The lowest BCUT2D eigenvalue weighted by atomic mass is 10.0. The van der Waals surface area contributed by atoms with Gasteiger partial charge in [-0.2, -0.15) is 0 Å². The zero-order chi connectivity index (χ0) is 23.8. The maximum Gasteiger partial charge on any atom is 0.222 e. The zero-order valence-electron chi connectivity index (χ0n) is 18.2. The van der Waals surface area contributed by atoms with E-state index in [9.17, 15) is 8.42 Å². The van der Waals surface area contributed by atoms with E-state index in [1.807, 2.05) is 6.07 Å². The van der Waals surface area contributed by atoms with Crippen LogP contribution in [0, 0.1) is 0 Å². The van der Waals surface area contributed by atoms with E-state index >= 15 is 0 Å². The fourth-order valence-electron chi connectivity index (χ4n) is 3.87. The Kier molecular flexibility index (Phi) is 7.23. The van der Waals surface area contributed by atoms with Crippen molar-refractivity contribution in [1.29, 1.82) is 0 Å². The first kappa shape index (κ1) is 24.3. The summed E-state index contributed by atoms with van der Waals surface area (Å²) < 4.78 is 24.4. The average Bonchev–Trinajstić information content (AvgIpc) is 3.20. The number of aromatic nitrogens is 3. The lowest BCUT2D eigenvalue weighted by molar-refractivity contribution is 0.313. The number of likely N-dealkylation sites (N-methyl/N-ethyl adjacent to an activating group) is 1. The van der Waals surface area contributed by atoms with Crippen molar-refractivity contribution in [2.75, 3.05) is 38.1 Å². The molecule has 4 rings (SSSR count). The predicted molar refractivity (Wildman–Crippen MR) is 134 cm³/mol. The molecular weight excluding hydrogens is 503 g/mol. The lowest BCUT2D eigenvalue weighted by Crippen LogP contribution is -2.44. The summed E-state index contributed by atoms with van der Waals surface area (Å²) in [6.45, 7) is 5.34. The van der Waals surface area contributed by atoms with Crippen LogP contribution in [0.4, 0.5) is 5.13 Å². The standard InChI is InChI=1S/C21H24Cl2N6O2S2/c1-3-16(33(24,30)31)13-5-4-6-14(17(13)22)18-19(15-7-8-25-20(23)26-15)32-21(27-18)29-11-9-28(2)10-12-29/h4-8,16H,3,9-12H2,1-2H3,(H2,24,30,31). The van der Waals surface area contributed by atoms with Crippen molar-refractivity contribution in [2.45, 2.75) is 18.6 Å². The molecule has 1 unspecified atom stereocenters. The largest absolute Gasteiger partial charge is 0.345 e. The zero-order valence-corrected chi connectivity index (χ0v) is 21.3. The summed E-state index contributed by atoms with van der Waals surface area (Å²) in [5.41, 5.74) is 2.33. The summed E-state index contributed by atoms with van der Waals surface area (Å²) >= 11 is 14.4. The Morgan fingerprint density at radius 3 is 2.52 bits per heavy atom. The molecule has 33 heavy (non-hydrogen) atoms. The van der Waals surface area contributed by atoms with Gasteiger partial charge < -0.3 is 9.80 Å². The molecule has 0 amide bonds. The van der Waals surface area contributed by atoms with Crippen LogP contribution in [0.3, 0.4) is 0 Å². The summed E-state index contributed by atoms with van der Waals surface area (Å²) in [4.78, 5) is 18.6. The number of rotatable bonds is 6. The molecule has 1 saturated heterocycles. The van der Waals surface area contributed by atoms with Crippen molar-refractivity contribution >= 4 is 49.7 Å². The molecule has 8 nitrogen and oxygen atoms in total. The monoisotopic (exact) mass is 526 g/mol. The van der Waals surface area contributed by atoms with Gasteiger partial charge >= 0.3 is 0 Å². The highest BCUT2D eigenvalue weighted by atomic mass is 35.5. The molecule has 1 atom stereocenters. The van der Waals surface area contributed by atoms with Crippen LogP contribution in [0.1, 0.15) is 24.2 Å². The third-order valence-electron chi connectivity index (χ3n) is 5.65. The van der Waals surface area contributed by atoms with E-state index in [0.29, 0.717) is 34.0 Å². The Morgan fingerprint density at radius 2 is 1.88 bits per heavy atom. The number of halogens is 2. The van der Waals surface area contributed by atoms with Crippen molar-refractivity contribution in [1.82, 2.24) is 19.9 Å². The quantitative estimate of drug-likeness (QED) is 0.482. The molecule has 0 saturated carbocycles.